The molecule has 2 saturated heterocycles. The standard InChI is InChI=1S/C7H13NO.ClH/c1-9-7-4-5-2-3-6(7)8-5;/h5-8H,2-4H2,1H3;1H/t5-,6+,7+;/m0./s1. The molecular formula is C7H14ClNO. The first-order chi connectivity index (χ1) is 4.40. The van der Waals surface area contributed by atoms with Crippen molar-refractivity contribution in [3.63, 3.8) is 0 Å². The van der Waals surface area contributed by atoms with Crippen LogP contribution in [0.25, 0.3) is 0 Å². The lowest BCUT2D eigenvalue weighted by atomic mass is 9.98. The molecule has 2 rings (SSSR count). The van der Waals surface area contributed by atoms with E-state index in [2.05, 4.69) is 5.32 Å². The van der Waals surface area contributed by atoms with Gasteiger partial charge in [0.05, 0.1) is 6.10 Å². The predicted octanol–water partition coefficient (Wildman–Crippen LogP) is 0.947. The van der Waals surface area contributed by atoms with Crippen LogP contribution in [0.15, 0.2) is 0 Å². The van der Waals surface area contributed by atoms with E-state index in [1.807, 2.05) is 7.11 Å². The zero-order valence-electron chi connectivity index (χ0n) is 6.17. The van der Waals surface area contributed by atoms with Gasteiger partial charge in [0.2, 0.25) is 0 Å². The fraction of sp³-hybridized carbons (Fsp3) is 1.00. The Labute approximate surface area is 67.7 Å². The molecule has 3 heteroatoms. The molecule has 0 radical (unpaired) electrons. The minimum absolute atomic E-state index is 0. The van der Waals surface area contributed by atoms with Gasteiger partial charge in [0.25, 0.3) is 0 Å². The monoisotopic (exact) mass is 163 g/mol. The second-order valence-electron chi connectivity index (χ2n) is 3.06. The number of rotatable bonds is 1. The number of ether oxygens (including phenoxy) is 1. The van der Waals surface area contributed by atoms with Crippen LogP contribution in [-0.2, 0) is 4.74 Å². The molecule has 60 valence electrons. The molecule has 0 saturated carbocycles. The van der Waals surface area contributed by atoms with Crippen molar-refractivity contribution in [3.05, 3.63) is 0 Å². The lowest BCUT2D eigenvalue weighted by molar-refractivity contribution is 0.0819. The Morgan fingerprint density at radius 3 is 2.50 bits per heavy atom. The lowest BCUT2D eigenvalue weighted by Gasteiger charge is -2.17. The molecule has 3 atom stereocenters. The van der Waals surface area contributed by atoms with Gasteiger partial charge in [-0.25, -0.2) is 0 Å². The van der Waals surface area contributed by atoms with Crippen molar-refractivity contribution in [2.24, 2.45) is 0 Å². The van der Waals surface area contributed by atoms with Gasteiger partial charge in [0, 0.05) is 19.2 Å². The number of nitrogens with one attached hydrogen (secondary N) is 1. The summed E-state index contributed by atoms with van der Waals surface area (Å²) in [7, 11) is 1.81. The Morgan fingerprint density at radius 2 is 2.20 bits per heavy atom. The van der Waals surface area contributed by atoms with E-state index in [0.717, 1.165) is 6.04 Å². The molecule has 0 amide bonds. The third kappa shape index (κ3) is 1.16. The summed E-state index contributed by atoms with van der Waals surface area (Å²) < 4.78 is 5.28. The summed E-state index contributed by atoms with van der Waals surface area (Å²) in [5.74, 6) is 0. The second kappa shape index (κ2) is 3.07. The molecule has 0 aliphatic carbocycles. The molecule has 2 heterocycles. The van der Waals surface area contributed by atoms with Gasteiger partial charge in [0.15, 0.2) is 0 Å². The smallest absolute Gasteiger partial charge is 0.0739 e. The number of hydrogen-bond donors (Lipinski definition) is 1. The van der Waals surface area contributed by atoms with Crippen molar-refractivity contribution in [2.45, 2.75) is 37.5 Å². The van der Waals surface area contributed by atoms with Crippen molar-refractivity contribution < 1.29 is 4.74 Å². The van der Waals surface area contributed by atoms with E-state index in [1.165, 1.54) is 19.3 Å². The maximum absolute atomic E-state index is 5.28. The minimum Gasteiger partial charge on any atom is -0.380 e. The first-order valence-electron chi connectivity index (χ1n) is 3.69. The summed E-state index contributed by atoms with van der Waals surface area (Å²) in [5, 5.41) is 3.50. The third-order valence-electron chi connectivity index (χ3n) is 2.54. The molecule has 1 N–H and O–H groups in total. The summed E-state index contributed by atoms with van der Waals surface area (Å²) in [5.41, 5.74) is 0. The van der Waals surface area contributed by atoms with E-state index in [4.69, 9.17) is 4.74 Å². The average molecular weight is 164 g/mol. The summed E-state index contributed by atoms with van der Waals surface area (Å²) in [6, 6.07) is 1.46. The topological polar surface area (TPSA) is 21.3 Å². The molecular weight excluding hydrogens is 150 g/mol. The van der Waals surface area contributed by atoms with Gasteiger partial charge in [-0.2, -0.15) is 0 Å². The van der Waals surface area contributed by atoms with Crippen LogP contribution in [0.2, 0.25) is 0 Å². The van der Waals surface area contributed by atoms with Gasteiger partial charge in [-0.15, -0.1) is 12.4 Å². The van der Waals surface area contributed by atoms with E-state index < -0.39 is 0 Å². The quantitative estimate of drug-likeness (QED) is 0.622. The Balaban J connectivity index is 0.000000500. The summed E-state index contributed by atoms with van der Waals surface area (Å²) in [6.45, 7) is 0. The fourth-order valence-electron chi connectivity index (χ4n) is 2.03. The van der Waals surface area contributed by atoms with Crippen LogP contribution >= 0.6 is 12.4 Å². The van der Waals surface area contributed by atoms with Gasteiger partial charge < -0.3 is 10.1 Å². The average Bonchev–Trinajstić information content (AvgIpc) is 2.45. The highest BCUT2D eigenvalue weighted by Crippen LogP contribution is 2.29. The van der Waals surface area contributed by atoms with Crippen molar-refractivity contribution in [2.75, 3.05) is 7.11 Å². The van der Waals surface area contributed by atoms with E-state index in [1.54, 1.807) is 0 Å². The summed E-state index contributed by atoms with van der Waals surface area (Å²) in [4.78, 5) is 0. The molecule has 0 aromatic heterocycles. The highest BCUT2D eigenvalue weighted by molar-refractivity contribution is 5.85. The molecule has 2 aliphatic heterocycles. The Morgan fingerprint density at radius 1 is 1.40 bits per heavy atom. The van der Waals surface area contributed by atoms with Crippen LogP contribution in [0.1, 0.15) is 19.3 Å². The Bertz CT molecular complexity index is 120. The van der Waals surface area contributed by atoms with Gasteiger partial charge >= 0.3 is 0 Å². The molecule has 0 aromatic rings. The number of fused-ring (bicyclic) bond motifs is 2. The van der Waals surface area contributed by atoms with Crippen molar-refractivity contribution in [1.82, 2.24) is 5.32 Å². The van der Waals surface area contributed by atoms with Gasteiger partial charge in [-0.05, 0) is 19.3 Å². The van der Waals surface area contributed by atoms with E-state index >= 15 is 0 Å². The fourth-order valence-corrected chi connectivity index (χ4v) is 2.03. The molecule has 10 heavy (non-hydrogen) atoms. The highest BCUT2D eigenvalue weighted by Gasteiger charge is 2.38. The highest BCUT2D eigenvalue weighted by atomic mass is 35.5. The minimum atomic E-state index is 0. The van der Waals surface area contributed by atoms with Gasteiger partial charge in [-0.3, -0.25) is 0 Å². The van der Waals surface area contributed by atoms with Gasteiger partial charge in [0.1, 0.15) is 0 Å². The zero-order valence-corrected chi connectivity index (χ0v) is 6.99. The second-order valence-corrected chi connectivity index (χ2v) is 3.06. The van der Waals surface area contributed by atoms with Crippen LogP contribution in [0.5, 0.6) is 0 Å². The van der Waals surface area contributed by atoms with Crippen molar-refractivity contribution in [3.8, 4) is 0 Å². The SMILES string of the molecule is CO[C@@H]1C[C@@H]2CC[C@H]1N2.Cl. The normalized spacial score (nSPS) is 43.5. The van der Waals surface area contributed by atoms with Crippen molar-refractivity contribution >= 4 is 12.4 Å². The predicted molar refractivity (Wildman–Crippen MR) is 42.6 cm³/mol. The summed E-state index contributed by atoms with van der Waals surface area (Å²) >= 11 is 0. The van der Waals surface area contributed by atoms with Crippen LogP contribution in [0.4, 0.5) is 0 Å². The third-order valence-corrected chi connectivity index (χ3v) is 2.54. The summed E-state index contributed by atoms with van der Waals surface area (Å²) in [6.07, 6.45) is 4.44. The molecule has 2 bridgehead atoms. The maximum Gasteiger partial charge on any atom is 0.0739 e. The molecule has 0 unspecified atom stereocenters. The number of hydrogen-bond acceptors (Lipinski definition) is 2. The Kier molecular flexibility index (Phi) is 2.55. The zero-order chi connectivity index (χ0) is 6.27. The van der Waals surface area contributed by atoms with E-state index in [-0.39, 0.29) is 12.4 Å². The van der Waals surface area contributed by atoms with Crippen LogP contribution in [0.3, 0.4) is 0 Å². The molecule has 2 fully saturated rings. The van der Waals surface area contributed by atoms with E-state index in [9.17, 15) is 0 Å². The Hall–Kier alpha value is 0.210. The molecule has 2 aliphatic rings. The van der Waals surface area contributed by atoms with Gasteiger partial charge in [-0.1, -0.05) is 0 Å². The number of methoxy groups -OCH3 is 1. The lowest BCUT2D eigenvalue weighted by Crippen LogP contribution is -2.27. The maximum atomic E-state index is 5.28. The van der Waals surface area contributed by atoms with Crippen LogP contribution < -0.4 is 5.32 Å². The largest absolute Gasteiger partial charge is 0.380 e. The van der Waals surface area contributed by atoms with Crippen molar-refractivity contribution in [1.29, 1.82) is 0 Å². The molecule has 0 spiro atoms. The van der Waals surface area contributed by atoms with E-state index in [0.29, 0.717) is 12.1 Å². The molecule has 2 nitrogen and oxygen atoms in total. The van der Waals surface area contributed by atoms with Crippen LogP contribution in [-0.4, -0.2) is 25.3 Å². The molecule has 0 aromatic carbocycles. The first-order valence-corrected chi connectivity index (χ1v) is 3.69. The first kappa shape index (κ1) is 8.31. The number of halogens is 1. The van der Waals surface area contributed by atoms with Crippen LogP contribution in [0, 0.1) is 0 Å².